The monoisotopic (exact) mass is 382 g/mol. The van der Waals surface area contributed by atoms with Gasteiger partial charge in [-0.3, -0.25) is 0 Å². The minimum absolute atomic E-state index is 0.200. The van der Waals surface area contributed by atoms with Gasteiger partial charge in [0.25, 0.3) is 0 Å². The van der Waals surface area contributed by atoms with Crippen LogP contribution in [0.15, 0.2) is 24.3 Å². The van der Waals surface area contributed by atoms with E-state index in [1.165, 1.54) is 0 Å². The number of hydrogen-bond donors (Lipinski definition) is 2. The SMILES string of the molecule is Oc1cccc(-c2nc3nc(N4CCOCC4)nc(N4CCOCC4)c3[nH]2)c1. The lowest BCUT2D eigenvalue weighted by Gasteiger charge is -2.30. The minimum atomic E-state index is 0.200. The number of H-pyrrole nitrogens is 1. The van der Waals surface area contributed by atoms with Crippen LogP contribution in [0.1, 0.15) is 0 Å². The number of aromatic nitrogens is 4. The molecule has 3 aromatic rings. The van der Waals surface area contributed by atoms with Crippen LogP contribution in [0.5, 0.6) is 5.75 Å². The van der Waals surface area contributed by atoms with Crippen molar-refractivity contribution < 1.29 is 14.6 Å². The van der Waals surface area contributed by atoms with Crippen LogP contribution >= 0.6 is 0 Å². The Morgan fingerprint density at radius 3 is 2.32 bits per heavy atom. The smallest absolute Gasteiger partial charge is 0.229 e. The third-order valence-electron chi connectivity index (χ3n) is 5.04. The van der Waals surface area contributed by atoms with E-state index in [0.29, 0.717) is 43.8 Å². The molecule has 0 atom stereocenters. The first-order valence-corrected chi connectivity index (χ1v) is 9.50. The quantitative estimate of drug-likeness (QED) is 0.701. The third-order valence-corrected chi connectivity index (χ3v) is 5.04. The molecule has 0 unspecified atom stereocenters. The van der Waals surface area contributed by atoms with Crippen molar-refractivity contribution in [3.05, 3.63) is 24.3 Å². The number of morpholine rings is 2. The Morgan fingerprint density at radius 2 is 1.61 bits per heavy atom. The van der Waals surface area contributed by atoms with Crippen LogP contribution in [0.3, 0.4) is 0 Å². The second-order valence-corrected chi connectivity index (χ2v) is 6.88. The Bertz CT molecular complexity index is 979. The van der Waals surface area contributed by atoms with Crippen molar-refractivity contribution in [2.75, 3.05) is 62.4 Å². The van der Waals surface area contributed by atoms with E-state index in [-0.39, 0.29) is 5.75 Å². The van der Waals surface area contributed by atoms with Gasteiger partial charge in [0, 0.05) is 31.7 Å². The van der Waals surface area contributed by atoms with Crippen molar-refractivity contribution in [3.63, 3.8) is 0 Å². The molecule has 4 heterocycles. The number of hydrogen-bond acceptors (Lipinski definition) is 8. The lowest BCUT2D eigenvalue weighted by atomic mass is 10.2. The van der Waals surface area contributed by atoms with Crippen molar-refractivity contribution in [1.29, 1.82) is 0 Å². The molecule has 2 N–H and O–H groups in total. The number of nitrogens with one attached hydrogen (secondary N) is 1. The van der Waals surface area contributed by atoms with E-state index in [1.807, 2.05) is 6.07 Å². The van der Waals surface area contributed by atoms with E-state index >= 15 is 0 Å². The fourth-order valence-electron chi connectivity index (χ4n) is 3.57. The number of anilines is 2. The van der Waals surface area contributed by atoms with Crippen LogP contribution in [0.25, 0.3) is 22.6 Å². The molecule has 2 aliphatic rings. The molecule has 0 saturated carbocycles. The van der Waals surface area contributed by atoms with Gasteiger partial charge in [-0.1, -0.05) is 12.1 Å². The summed E-state index contributed by atoms with van der Waals surface area (Å²) in [5, 5.41) is 9.81. The average Bonchev–Trinajstić information content (AvgIpc) is 3.19. The molecule has 2 aliphatic heterocycles. The van der Waals surface area contributed by atoms with E-state index in [1.54, 1.807) is 18.2 Å². The number of phenols is 1. The maximum atomic E-state index is 9.81. The number of fused-ring (bicyclic) bond motifs is 1. The molecule has 0 spiro atoms. The van der Waals surface area contributed by atoms with Gasteiger partial charge < -0.3 is 29.4 Å². The summed E-state index contributed by atoms with van der Waals surface area (Å²) in [6.45, 7) is 5.75. The molecular formula is C19H22N6O3. The average molecular weight is 382 g/mol. The Balaban J connectivity index is 1.62. The van der Waals surface area contributed by atoms with Gasteiger partial charge in [-0.25, -0.2) is 4.98 Å². The molecule has 146 valence electrons. The van der Waals surface area contributed by atoms with Crippen LogP contribution < -0.4 is 9.80 Å². The summed E-state index contributed by atoms with van der Waals surface area (Å²) in [6.07, 6.45) is 0. The Kier molecular flexibility index (Phi) is 4.46. The number of benzene rings is 1. The predicted molar refractivity (Wildman–Crippen MR) is 105 cm³/mol. The zero-order valence-electron chi connectivity index (χ0n) is 15.5. The van der Waals surface area contributed by atoms with Crippen LogP contribution in [-0.2, 0) is 9.47 Å². The maximum absolute atomic E-state index is 9.81. The first-order chi connectivity index (χ1) is 13.8. The minimum Gasteiger partial charge on any atom is -0.508 e. The third kappa shape index (κ3) is 3.23. The molecule has 9 nitrogen and oxygen atoms in total. The molecule has 0 radical (unpaired) electrons. The van der Waals surface area contributed by atoms with Crippen molar-refractivity contribution >= 4 is 22.9 Å². The number of phenolic OH excluding ortho intramolecular Hbond substituents is 1. The number of aromatic hydroxyl groups is 1. The zero-order chi connectivity index (χ0) is 18.9. The lowest BCUT2D eigenvalue weighted by Crippen LogP contribution is -2.39. The van der Waals surface area contributed by atoms with E-state index in [0.717, 1.165) is 43.1 Å². The van der Waals surface area contributed by atoms with E-state index < -0.39 is 0 Å². The fourth-order valence-corrected chi connectivity index (χ4v) is 3.57. The van der Waals surface area contributed by atoms with Gasteiger partial charge >= 0.3 is 0 Å². The van der Waals surface area contributed by atoms with Crippen LogP contribution in [0.4, 0.5) is 11.8 Å². The summed E-state index contributed by atoms with van der Waals surface area (Å²) < 4.78 is 11.0. The lowest BCUT2D eigenvalue weighted by molar-refractivity contribution is 0.121. The van der Waals surface area contributed by atoms with Gasteiger partial charge in [0.2, 0.25) is 5.95 Å². The predicted octanol–water partition coefficient (Wildman–Crippen LogP) is 1.40. The van der Waals surface area contributed by atoms with Gasteiger partial charge in [-0.05, 0) is 12.1 Å². The molecule has 28 heavy (non-hydrogen) atoms. The first kappa shape index (κ1) is 17.2. The number of ether oxygens (including phenoxy) is 2. The topological polar surface area (TPSA) is 99.6 Å². The number of imidazole rings is 1. The van der Waals surface area contributed by atoms with E-state index in [4.69, 9.17) is 24.4 Å². The van der Waals surface area contributed by atoms with Crippen molar-refractivity contribution in [1.82, 2.24) is 19.9 Å². The molecule has 2 fully saturated rings. The van der Waals surface area contributed by atoms with Crippen molar-refractivity contribution in [2.45, 2.75) is 0 Å². The Hall–Kier alpha value is -2.91. The van der Waals surface area contributed by atoms with E-state index in [2.05, 4.69) is 14.8 Å². The van der Waals surface area contributed by atoms with Gasteiger partial charge in [0.05, 0.1) is 26.4 Å². The first-order valence-electron chi connectivity index (χ1n) is 9.50. The summed E-state index contributed by atoms with van der Waals surface area (Å²) in [5.41, 5.74) is 2.23. The summed E-state index contributed by atoms with van der Waals surface area (Å²) in [6, 6.07) is 7.03. The largest absolute Gasteiger partial charge is 0.508 e. The summed E-state index contributed by atoms with van der Waals surface area (Å²) >= 11 is 0. The summed E-state index contributed by atoms with van der Waals surface area (Å²) in [5.74, 6) is 2.38. The molecule has 0 amide bonds. The normalized spacial score (nSPS) is 18.0. The van der Waals surface area contributed by atoms with E-state index in [9.17, 15) is 5.11 Å². The van der Waals surface area contributed by atoms with Gasteiger partial charge in [0.1, 0.15) is 17.1 Å². The Labute approximate surface area is 161 Å². The molecule has 9 heteroatoms. The standard InChI is InChI=1S/C19H22N6O3/c26-14-3-1-2-13(12-14)16-20-15-17(21-16)22-19(25-6-10-28-11-7-25)23-18(15)24-4-8-27-9-5-24/h1-3,12,26H,4-11H2,(H,20,21,22,23). The fraction of sp³-hybridized carbons (Fsp3) is 0.421. The number of aromatic amines is 1. The number of rotatable bonds is 3. The highest BCUT2D eigenvalue weighted by Crippen LogP contribution is 2.29. The highest BCUT2D eigenvalue weighted by Gasteiger charge is 2.23. The summed E-state index contributed by atoms with van der Waals surface area (Å²) in [7, 11) is 0. The van der Waals surface area contributed by atoms with Gasteiger partial charge in [-0.2, -0.15) is 9.97 Å². The second-order valence-electron chi connectivity index (χ2n) is 6.88. The van der Waals surface area contributed by atoms with Crippen molar-refractivity contribution in [3.8, 4) is 17.1 Å². The number of nitrogens with zero attached hydrogens (tertiary/aromatic N) is 5. The van der Waals surface area contributed by atoms with Crippen molar-refractivity contribution in [2.24, 2.45) is 0 Å². The van der Waals surface area contributed by atoms with Crippen LogP contribution in [0, 0.1) is 0 Å². The molecule has 0 bridgehead atoms. The highest BCUT2D eigenvalue weighted by atomic mass is 16.5. The summed E-state index contributed by atoms with van der Waals surface area (Å²) in [4.78, 5) is 22.0. The van der Waals surface area contributed by atoms with Gasteiger partial charge in [0.15, 0.2) is 11.5 Å². The molecule has 2 aromatic heterocycles. The van der Waals surface area contributed by atoms with Gasteiger partial charge in [-0.15, -0.1) is 0 Å². The molecule has 2 saturated heterocycles. The highest BCUT2D eigenvalue weighted by molar-refractivity contribution is 5.87. The maximum Gasteiger partial charge on any atom is 0.229 e. The van der Waals surface area contributed by atoms with Crippen LogP contribution in [0.2, 0.25) is 0 Å². The molecule has 5 rings (SSSR count). The second kappa shape index (κ2) is 7.25. The Morgan fingerprint density at radius 1 is 0.893 bits per heavy atom. The molecule has 1 aromatic carbocycles. The van der Waals surface area contributed by atoms with Crippen LogP contribution in [-0.4, -0.2) is 77.6 Å². The molecule has 0 aliphatic carbocycles. The molecular weight excluding hydrogens is 360 g/mol. The zero-order valence-corrected chi connectivity index (χ0v) is 15.5.